The lowest BCUT2D eigenvalue weighted by molar-refractivity contribution is -0.0425. The summed E-state index contributed by atoms with van der Waals surface area (Å²) in [4.78, 5) is 0. The summed E-state index contributed by atoms with van der Waals surface area (Å²) in [7, 11) is 3.61. The Kier molecular flexibility index (Phi) is 15.3. The quantitative estimate of drug-likeness (QED) is 0.236. The van der Waals surface area contributed by atoms with Crippen LogP contribution in [0, 0.1) is 0 Å². The predicted molar refractivity (Wildman–Crippen MR) is 82.2 cm³/mol. The Bertz CT molecular complexity index is 128. The van der Waals surface area contributed by atoms with Crippen LogP contribution in [0.4, 0.5) is 0 Å². The number of hydrogen-bond donors (Lipinski definition) is 3. The first-order chi connectivity index (χ1) is 7.31. The normalized spacial score (nSPS) is 13.0. The van der Waals surface area contributed by atoms with Gasteiger partial charge >= 0.3 is 0 Å². The van der Waals surface area contributed by atoms with E-state index in [1.807, 2.05) is 10.8 Å². The molecule has 0 heterocycles. The Labute approximate surface area is 117 Å². The largest absolute Gasteiger partial charge is 0.355 e. The molecule has 0 saturated carbocycles. The lowest BCUT2D eigenvalue weighted by Crippen LogP contribution is -2.05. The van der Waals surface area contributed by atoms with Crippen LogP contribution < -0.4 is 0 Å². The van der Waals surface area contributed by atoms with Gasteiger partial charge in [0.15, 0.2) is 0 Å². The van der Waals surface area contributed by atoms with Gasteiger partial charge in [0.25, 0.3) is 0 Å². The van der Waals surface area contributed by atoms with Crippen LogP contribution in [0.1, 0.15) is 0 Å². The van der Waals surface area contributed by atoms with E-state index in [0.717, 1.165) is 29.6 Å². The molecule has 0 aromatic heterocycles. The molecule has 15 heavy (non-hydrogen) atoms. The fourth-order valence-electron chi connectivity index (χ4n) is 0.573. The Balaban J connectivity index is 2.92. The van der Waals surface area contributed by atoms with E-state index in [-0.39, 0.29) is 0 Å². The summed E-state index contributed by atoms with van der Waals surface area (Å²) in [6.07, 6.45) is 0. The minimum atomic E-state index is 0.373. The number of rotatable bonds is 11. The van der Waals surface area contributed by atoms with Crippen LogP contribution in [-0.2, 0) is 9.47 Å². The average Bonchev–Trinajstić information content (AvgIpc) is 2.26. The highest BCUT2D eigenvalue weighted by molar-refractivity contribution is 8.76. The predicted octanol–water partition coefficient (Wildman–Crippen LogP) is 2.52. The second-order valence-electron chi connectivity index (χ2n) is 2.60. The van der Waals surface area contributed by atoms with E-state index in [1.165, 1.54) is 0 Å². The van der Waals surface area contributed by atoms with Crippen molar-refractivity contribution in [2.45, 2.75) is 5.25 Å². The van der Waals surface area contributed by atoms with Gasteiger partial charge in [0, 0.05) is 28.3 Å². The van der Waals surface area contributed by atoms with Crippen molar-refractivity contribution in [3.05, 3.63) is 0 Å². The van der Waals surface area contributed by atoms with Crippen molar-refractivity contribution in [3.63, 3.8) is 0 Å². The number of thiol groups is 3. The van der Waals surface area contributed by atoms with Crippen molar-refractivity contribution >= 4 is 59.5 Å². The molecule has 0 aromatic carbocycles. The summed E-state index contributed by atoms with van der Waals surface area (Å²) in [5.74, 6) is 3.56. The first-order valence-corrected chi connectivity index (χ1v) is 8.88. The van der Waals surface area contributed by atoms with Gasteiger partial charge in [0.1, 0.15) is 6.79 Å². The summed E-state index contributed by atoms with van der Waals surface area (Å²) in [5, 5.41) is 0.380. The minimum absolute atomic E-state index is 0.373. The van der Waals surface area contributed by atoms with Gasteiger partial charge in [0.05, 0.1) is 13.2 Å². The molecule has 0 amide bonds. The number of ether oxygens (including phenoxy) is 2. The third kappa shape index (κ3) is 13.6. The van der Waals surface area contributed by atoms with Crippen LogP contribution in [0.15, 0.2) is 0 Å². The van der Waals surface area contributed by atoms with Crippen molar-refractivity contribution in [1.82, 2.24) is 0 Å². The molecule has 0 N–H and O–H groups in total. The summed E-state index contributed by atoms with van der Waals surface area (Å²) in [6, 6.07) is 0. The zero-order chi connectivity index (χ0) is 11.4. The maximum Gasteiger partial charge on any atom is 0.146 e. The smallest absolute Gasteiger partial charge is 0.146 e. The SMILES string of the molecule is SCCOCOCCSSCC(S)CS. The summed E-state index contributed by atoms with van der Waals surface area (Å²) >= 11 is 12.5. The highest BCUT2D eigenvalue weighted by atomic mass is 33.1. The lowest BCUT2D eigenvalue weighted by atomic mass is 10.6. The summed E-state index contributed by atoms with van der Waals surface area (Å²) in [6.45, 7) is 1.74. The van der Waals surface area contributed by atoms with E-state index < -0.39 is 0 Å². The van der Waals surface area contributed by atoms with Crippen molar-refractivity contribution in [2.24, 2.45) is 0 Å². The van der Waals surface area contributed by atoms with Crippen LogP contribution in [-0.4, -0.2) is 48.3 Å². The molecule has 0 radical (unpaired) electrons. The Hall–Kier alpha value is 1.67. The first-order valence-electron chi connectivity index (χ1n) is 4.61. The molecule has 0 aromatic rings. The molecule has 7 heteroatoms. The lowest BCUT2D eigenvalue weighted by Gasteiger charge is -2.06. The van der Waals surface area contributed by atoms with E-state index in [2.05, 4.69) is 37.9 Å². The van der Waals surface area contributed by atoms with Crippen LogP contribution in [0.25, 0.3) is 0 Å². The second-order valence-corrected chi connectivity index (χ2v) is 6.77. The standard InChI is InChI=1S/C8H18O2S5/c11-3-1-9-7-10-2-4-14-15-6-8(13)5-12/h8,11-13H,1-7H2. The van der Waals surface area contributed by atoms with Crippen molar-refractivity contribution in [1.29, 1.82) is 0 Å². The molecule has 0 fully saturated rings. The first kappa shape index (κ1) is 16.7. The van der Waals surface area contributed by atoms with Crippen molar-refractivity contribution in [3.8, 4) is 0 Å². The zero-order valence-corrected chi connectivity index (χ0v) is 12.8. The highest BCUT2D eigenvalue weighted by Gasteiger charge is 1.99. The maximum atomic E-state index is 5.24. The van der Waals surface area contributed by atoms with Gasteiger partial charge < -0.3 is 9.47 Å². The molecular weight excluding hydrogens is 288 g/mol. The molecule has 1 atom stereocenters. The zero-order valence-electron chi connectivity index (χ0n) is 8.50. The third-order valence-electron chi connectivity index (χ3n) is 1.27. The Morgan fingerprint density at radius 1 is 1.07 bits per heavy atom. The molecule has 92 valence electrons. The summed E-state index contributed by atoms with van der Waals surface area (Å²) in [5.41, 5.74) is 0. The van der Waals surface area contributed by atoms with Crippen LogP contribution >= 0.6 is 59.5 Å². The van der Waals surface area contributed by atoms with E-state index >= 15 is 0 Å². The van der Waals surface area contributed by atoms with E-state index in [1.54, 1.807) is 10.8 Å². The van der Waals surface area contributed by atoms with E-state index in [9.17, 15) is 0 Å². The molecule has 0 aliphatic rings. The van der Waals surface area contributed by atoms with E-state index in [4.69, 9.17) is 9.47 Å². The fourth-order valence-corrected chi connectivity index (χ4v) is 3.55. The van der Waals surface area contributed by atoms with Gasteiger partial charge in [-0.2, -0.15) is 37.9 Å². The van der Waals surface area contributed by atoms with Crippen LogP contribution in [0.3, 0.4) is 0 Å². The van der Waals surface area contributed by atoms with Gasteiger partial charge in [-0.05, 0) is 0 Å². The van der Waals surface area contributed by atoms with Gasteiger partial charge in [0.2, 0.25) is 0 Å². The summed E-state index contributed by atoms with van der Waals surface area (Å²) < 4.78 is 10.4. The molecule has 0 bridgehead atoms. The third-order valence-corrected chi connectivity index (χ3v) is 5.24. The van der Waals surface area contributed by atoms with Gasteiger partial charge in [-0.25, -0.2) is 0 Å². The molecule has 1 unspecified atom stereocenters. The van der Waals surface area contributed by atoms with Gasteiger partial charge in [-0.1, -0.05) is 21.6 Å². The monoisotopic (exact) mass is 306 g/mol. The van der Waals surface area contributed by atoms with Crippen LogP contribution in [0.5, 0.6) is 0 Å². The highest BCUT2D eigenvalue weighted by Crippen LogP contribution is 2.23. The molecular formula is C8H18O2S5. The van der Waals surface area contributed by atoms with Crippen molar-refractivity contribution < 1.29 is 9.47 Å². The Morgan fingerprint density at radius 3 is 2.47 bits per heavy atom. The molecule has 0 saturated heterocycles. The molecule has 2 nitrogen and oxygen atoms in total. The molecule has 0 spiro atoms. The van der Waals surface area contributed by atoms with E-state index in [0.29, 0.717) is 18.6 Å². The number of hydrogen-bond acceptors (Lipinski definition) is 7. The second kappa shape index (κ2) is 13.7. The van der Waals surface area contributed by atoms with Crippen LogP contribution in [0.2, 0.25) is 0 Å². The van der Waals surface area contributed by atoms with Gasteiger partial charge in [-0.15, -0.1) is 0 Å². The molecule has 0 rings (SSSR count). The topological polar surface area (TPSA) is 18.5 Å². The van der Waals surface area contributed by atoms with Gasteiger partial charge in [-0.3, -0.25) is 0 Å². The minimum Gasteiger partial charge on any atom is -0.355 e. The Morgan fingerprint density at radius 2 is 1.80 bits per heavy atom. The molecule has 0 aliphatic heterocycles. The molecule has 0 aliphatic carbocycles. The van der Waals surface area contributed by atoms with Crippen molar-refractivity contribution in [2.75, 3.05) is 43.0 Å². The average molecular weight is 307 g/mol. The maximum absolute atomic E-state index is 5.24. The fraction of sp³-hybridized carbons (Fsp3) is 1.00.